The molecule has 0 heterocycles. The van der Waals surface area contributed by atoms with Gasteiger partial charge in [0.05, 0.1) is 7.11 Å². The standard InChI is InChI=1S/C21H15BrO2/c1-23-18-12-11-15-13-14-7-5-6-10-17(14)20(22)19(15)21(18)24-16-8-3-2-4-9-16/h2-13H,1H3. The molecule has 118 valence electrons. The van der Waals surface area contributed by atoms with Gasteiger partial charge in [-0.05, 0) is 56.4 Å². The van der Waals surface area contributed by atoms with E-state index in [1.54, 1.807) is 7.11 Å². The fourth-order valence-corrected chi connectivity index (χ4v) is 3.69. The Morgan fingerprint density at radius 2 is 1.54 bits per heavy atom. The average Bonchev–Trinajstić information content (AvgIpc) is 2.63. The number of methoxy groups -OCH3 is 1. The van der Waals surface area contributed by atoms with Gasteiger partial charge in [-0.25, -0.2) is 0 Å². The Labute approximate surface area is 148 Å². The van der Waals surface area contributed by atoms with Crippen molar-refractivity contribution in [2.24, 2.45) is 0 Å². The minimum absolute atomic E-state index is 0.710. The zero-order valence-electron chi connectivity index (χ0n) is 13.1. The van der Waals surface area contributed by atoms with Crippen LogP contribution in [-0.4, -0.2) is 7.11 Å². The quantitative estimate of drug-likeness (QED) is 0.376. The second-order valence-corrected chi connectivity index (χ2v) is 6.31. The van der Waals surface area contributed by atoms with Gasteiger partial charge in [0.15, 0.2) is 11.5 Å². The smallest absolute Gasteiger partial charge is 0.178 e. The van der Waals surface area contributed by atoms with Crippen LogP contribution in [0.2, 0.25) is 0 Å². The van der Waals surface area contributed by atoms with Crippen LogP contribution >= 0.6 is 15.9 Å². The summed E-state index contributed by atoms with van der Waals surface area (Å²) in [5.41, 5.74) is 0. The van der Waals surface area contributed by atoms with Crippen LogP contribution in [-0.2, 0) is 0 Å². The maximum atomic E-state index is 6.19. The predicted octanol–water partition coefficient (Wildman–Crippen LogP) is 6.56. The summed E-state index contributed by atoms with van der Waals surface area (Å²) < 4.78 is 12.7. The van der Waals surface area contributed by atoms with Crippen LogP contribution in [0.5, 0.6) is 17.2 Å². The summed E-state index contributed by atoms with van der Waals surface area (Å²) in [7, 11) is 1.66. The SMILES string of the molecule is COc1ccc2cc3ccccc3c(Br)c2c1Oc1ccccc1. The Bertz CT molecular complexity index is 1030. The fourth-order valence-electron chi connectivity index (χ4n) is 2.92. The average molecular weight is 379 g/mol. The molecule has 0 aromatic heterocycles. The normalized spacial score (nSPS) is 10.9. The highest BCUT2D eigenvalue weighted by molar-refractivity contribution is 9.10. The molecule has 3 heteroatoms. The van der Waals surface area contributed by atoms with Crippen molar-refractivity contribution in [1.82, 2.24) is 0 Å². The van der Waals surface area contributed by atoms with E-state index in [-0.39, 0.29) is 0 Å². The third-order valence-corrected chi connectivity index (χ3v) is 4.89. The Balaban J connectivity index is 2.03. The Kier molecular flexibility index (Phi) is 3.87. The molecular formula is C21H15BrO2. The monoisotopic (exact) mass is 378 g/mol. The van der Waals surface area contributed by atoms with Crippen molar-refractivity contribution in [3.05, 3.63) is 77.3 Å². The van der Waals surface area contributed by atoms with Gasteiger partial charge in [-0.15, -0.1) is 0 Å². The van der Waals surface area contributed by atoms with E-state index in [0.29, 0.717) is 5.75 Å². The number of fused-ring (bicyclic) bond motifs is 2. The lowest BCUT2D eigenvalue weighted by atomic mass is 10.0. The molecule has 0 atom stereocenters. The van der Waals surface area contributed by atoms with E-state index >= 15 is 0 Å². The second kappa shape index (κ2) is 6.17. The number of hydrogen-bond acceptors (Lipinski definition) is 2. The van der Waals surface area contributed by atoms with Gasteiger partial charge in [0.1, 0.15) is 5.75 Å². The van der Waals surface area contributed by atoms with Crippen molar-refractivity contribution in [3.8, 4) is 17.2 Å². The number of hydrogen-bond donors (Lipinski definition) is 0. The highest BCUT2D eigenvalue weighted by atomic mass is 79.9. The van der Waals surface area contributed by atoms with E-state index in [9.17, 15) is 0 Å². The van der Waals surface area contributed by atoms with Crippen LogP contribution in [0.3, 0.4) is 0 Å². The van der Waals surface area contributed by atoms with Gasteiger partial charge >= 0.3 is 0 Å². The number of halogens is 1. The van der Waals surface area contributed by atoms with Gasteiger partial charge in [0.2, 0.25) is 0 Å². The molecule has 0 N–H and O–H groups in total. The largest absolute Gasteiger partial charge is 0.493 e. The molecule has 0 amide bonds. The highest BCUT2D eigenvalue weighted by Gasteiger charge is 2.16. The van der Waals surface area contributed by atoms with Crippen LogP contribution in [0.4, 0.5) is 0 Å². The molecule has 0 spiro atoms. The van der Waals surface area contributed by atoms with Crippen molar-refractivity contribution in [2.45, 2.75) is 0 Å². The van der Waals surface area contributed by atoms with Gasteiger partial charge in [0, 0.05) is 9.86 Å². The molecule has 4 rings (SSSR count). The van der Waals surface area contributed by atoms with Crippen molar-refractivity contribution >= 4 is 37.5 Å². The third-order valence-electron chi connectivity index (χ3n) is 4.06. The van der Waals surface area contributed by atoms with Crippen molar-refractivity contribution < 1.29 is 9.47 Å². The van der Waals surface area contributed by atoms with Gasteiger partial charge in [-0.2, -0.15) is 0 Å². The highest BCUT2D eigenvalue weighted by Crippen LogP contribution is 2.44. The van der Waals surface area contributed by atoms with Gasteiger partial charge in [0.25, 0.3) is 0 Å². The van der Waals surface area contributed by atoms with E-state index in [1.165, 1.54) is 5.39 Å². The lowest BCUT2D eigenvalue weighted by Crippen LogP contribution is -1.93. The van der Waals surface area contributed by atoms with Crippen molar-refractivity contribution in [1.29, 1.82) is 0 Å². The van der Waals surface area contributed by atoms with Crippen molar-refractivity contribution in [3.63, 3.8) is 0 Å². The van der Waals surface area contributed by atoms with Gasteiger partial charge in [-0.1, -0.05) is 48.5 Å². The first kappa shape index (κ1) is 15.0. The minimum atomic E-state index is 0.710. The fraction of sp³-hybridized carbons (Fsp3) is 0.0476. The Hall–Kier alpha value is -2.52. The molecule has 2 nitrogen and oxygen atoms in total. The molecule has 24 heavy (non-hydrogen) atoms. The van der Waals surface area contributed by atoms with Crippen LogP contribution in [0.1, 0.15) is 0 Å². The van der Waals surface area contributed by atoms with E-state index in [1.807, 2.05) is 48.5 Å². The molecule has 0 saturated carbocycles. The Morgan fingerprint density at radius 3 is 2.33 bits per heavy atom. The van der Waals surface area contributed by atoms with Crippen LogP contribution < -0.4 is 9.47 Å². The minimum Gasteiger partial charge on any atom is -0.493 e. The topological polar surface area (TPSA) is 18.5 Å². The maximum Gasteiger partial charge on any atom is 0.178 e. The van der Waals surface area contributed by atoms with Gasteiger partial charge in [-0.3, -0.25) is 0 Å². The summed E-state index contributed by atoms with van der Waals surface area (Å²) >= 11 is 3.77. The molecule has 4 aromatic rings. The molecule has 0 fully saturated rings. The first-order chi connectivity index (χ1) is 11.8. The summed E-state index contributed by atoms with van der Waals surface area (Å²) in [6.07, 6.45) is 0. The van der Waals surface area contributed by atoms with Crippen LogP contribution in [0, 0.1) is 0 Å². The summed E-state index contributed by atoms with van der Waals surface area (Å²) in [6, 6.07) is 24.2. The number of para-hydroxylation sites is 1. The van der Waals surface area contributed by atoms with Gasteiger partial charge < -0.3 is 9.47 Å². The first-order valence-corrected chi connectivity index (χ1v) is 8.48. The first-order valence-electron chi connectivity index (χ1n) is 7.69. The molecule has 0 saturated heterocycles. The van der Waals surface area contributed by atoms with E-state index in [2.05, 4.69) is 40.2 Å². The van der Waals surface area contributed by atoms with Crippen LogP contribution in [0.15, 0.2) is 77.3 Å². The third kappa shape index (κ3) is 2.51. The van der Waals surface area contributed by atoms with E-state index in [0.717, 1.165) is 32.1 Å². The number of ether oxygens (including phenoxy) is 2. The molecule has 4 aromatic carbocycles. The summed E-state index contributed by atoms with van der Waals surface area (Å²) in [5, 5.41) is 4.45. The molecule has 0 aliphatic carbocycles. The summed E-state index contributed by atoms with van der Waals surface area (Å²) in [4.78, 5) is 0. The lowest BCUT2D eigenvalue weighted by Gasteiger charge is -2.15. The predicted molar refractivity (Wildman–Crippen MR) is 102 cm³/mol. The number of rotatable bonds is 3. The van der Waals surface area contributed by atoms with Crippen LogP contribution in [0.25, 0.3) is 21.5 Å². The molecule has 0 aliphatic rings. The number of benzene rings is 4. The molecular weight excluding hydrogens is 364 g/mol. The molecule has 0 unspecified atom stereocenters. The van der Waals surface area contributed by atoms with E-state index in [4.69, 9.17) is 9.47 Å². The molecule has 0 bridgehead atoms. The summed E-state index contributed by atoms with van der Waals surface area (Å²) in [5.74, 6) is 2.21. The molecule has 0 aliphatic heterocycles. The zero-order chi connectivity index (χ0) is 16.5. The lowest BCUT2D eigenvalue weighted by molar-refractivity contribution is 0.381. The Morgan fingerprint density at radius 1 is 0.792 bits per heavy atom. The zero-order valence-corrected chi connectivity index (χ0v) is 14.7. The van der Waals surface area contributed by atoms with Crippen molar-refractivity contribution in [2.75, 3.05) is 7.11 Å². The van der Waals surface area contributed by atoms with E-state index < -0.39 is 0 Å². The summed E-state index contributed by atoms with van der Waals surface area (Å²) in [6.45, 7) is 0. The second-order valence-electron chi connectivity index (χ2n) is 5.52. The molecule has 0 radical (unpaired) electrons. The maximum absolute atomic E-state index is 6.19.